The van der Waals surface area contributed by atoms with Crippen molar-refractivity contribution >= 4 is 5.91 Å². The van der Waals surface area contributed by atoms with Gasteiger partial charge >= 0.3 is 0 Å². The molecule has 2 fully saturated rings. The highest BCUT2D eigenvalue weighted by Gasteiger charge is 2.41. The summed E-state index contributed by atoms with van der Waals surface area (Å²) in [6, 6.07) is 7.18. The van der Waals surface area contributed by atoms with Crippen molar-refractivity contribution in [2.75, 3.05) is 26.8 Å². The Morgan fingerprint density at radius 2 is 2.21 bits per heavy atom. The quantitative estimate of drug-likeness (QED) is 0.804. The van der Waals surface area contributed by atoms with E-state index in [1.807, 2.05) is 12.1 Å². The van der Waals surface area contributed by atoms with Crippen LogP contribution in [0.1, 0.15) is 24.8 Å². The molecule has 2 saturated heterocycles. The predicted octanol–water partition coefficient (Wildman–Crippen LogP) is 1.71. The van der Waals surface area contributed by atoms with Crippen LogP contribution < -0.4 is 5.32 Å². The van der Waals surface area contributed by atoms with Gasteiger partial charge in [-0.25, -0.2) is 4.39 Å². The minimum absolute atomic E-state index is 0.0574. The van der Waals surface area contributed by atoms with Gasteiger partial charge in [-0.2, -0.15) is 0 Å². The van der Waals surface area contributed by atoms with Crippen LogP contribution in [-0.2, 0) is 20.8 Å². The van der Waals surface area contributed by atoms with Gasteiger partial charge in [-0.3, -0.25) is 9.69 Å². The molecule has 3 rings (SSSR count). The van der Waals surface area contributed by atoms with Crippen molar-refractivity contribution < 1.29 is 18.7 Å². The van der Waals surface area contributed by atoms with Crippen LogP contribution in [0.25, 0.3) is 0 Å². The highest BCUT2D eigenvalue weighted by molar-refractivity contribution is 5.80. The fraction of sp³-hybridized carbons (Fsp3) is 0.611. The average Bonchev–Trinajstić information content (AvgIpc) is 2.99. The van der Waals surface area contributed by atoms with E-state index in [0.717, 1.165) is 24.9 Å². The van der Waals surface area contributed by atoms with Crippen molar-refractivity contribution in [2.45, 2.75) is 44.1 Å². The minimum Gasteiger partial charge on any atom is -0.383 e. The molecule has 0 aliphatic carbocycles. The number of likely N-dealkylation sites (tertiary alicyclic amines) is 1. The molecule has 1 aromatic rings. The summed E-state index contributed by atoms with van der Waals surface area (Å²) in [6.07, 6.45) is 2.18. The van der Waals surface area contributed by atoms with Gasteiger partial charge in [-0.05, 0) is 25.3 Å². The molecule has 0 unspecified atom stereocenters. The third kappa shape index (κ3) is 3.94. The third-order valence-corrected chi connectivity index (χ3v) is 4.89. The molecule has 0 bridgehead atoms. The number of rotatable bonds is 6. The minimum atomic E-state index is -0.378. The number of hydrogen-bond donors (Lipinski definition) is 1. The van der Waals surface area contributed by atoms with E-state index in [1.165, 1.54) is 6.07 Å². The Balaban J connectivity index is 1.53. The highest BCUT2D eigenvalue weighted by Crippen LogP contribution is 2.32. The van der Waals surface area contributed by atoms with Crippen LogP contribution in [0, 0.1) is 5.82 Å². The van der Waals surface area contributed by atoms with E-state index in [2.05, 4.69) is 10.2 Å². The number of amides is 1. The summed E-state index contributed by atoms with van der Waals surface area (Å²) in [5, 5.41) is 2.84. The second-order valence-corrected chi connectivity index (χ2v) is 6.44. The van der Waals surface area contributed by atoms with Crippen molar-refractivity contribution in [2.24, 2.45) is 0 Å². The first kappa shape index (κ1) is 17.3. The van der Waals surface area contributed by atoms with E-state index in [4.69, 9.17) is 9.47 Å². The molecule has 1 aromatic carbocycles. The van der Waals surface area contributed by atoms with Gasteiger partial charge in [0.1, 0.15) is 11.9 Å². The zero-order valence-corrected chi connectivity index (χ0v) is 14.0. The molecular weight excluding hydrogens is 311 g/mol. The number of halogens is 1. The summed E-state index contributed by atoms with van der Waals surface area (Å²) < 4.78 is 24.8. The number of benzene rings is 1. The first-order chi connectivity index (χ1) is 11.7. The monoisotopic (exact) mass is 336 g/mol. The Labute approximate surface area is 142 Å². The standard InChI is InChI=1S/C18H25FN2O3/c1-23-11-9-20-18(22)17-7-6-15-16(24-17)8-10-21(15)12-13-4-2-3-5-14(13)19/h2-5,15-17H,6-12H2,1H3,(H,20,22)/t15-,16-,17-/m1/s1. The second kappa shape index (κ2) is 8.05. The van der Waals surface area contributed by atoms with E-state index in [0.29, 0.717) is 26.1 Å². The Hall–Kier alpha value is -1.50. The van der Waals surface area contributed by atoms with Crippen molar-refractivity contribution in [3.63, 3.8) is 0 Å². The van der Waals surface area contributed by atoms with Gasteiger partial charge < -0.3 is 14.8 Å². The van der Waals surface area contributed by atoms with Crippen LogP contribution in [0.4, 0.5) is 4.39 Å². The molecule has 0 saturated carbocycles. The molecule has 5 nitrogen and oxygen atoms in total. The second-order valence-electron chi connectivity index (χ2n) is 6.44. The van der Waals surface area contributed by atoms with Gasteiger partial charge in [0.2, 0.25) is 5.91 Å². The van der Waals surface area contributed by atoms with Crippen molar-refractivity contribution in [1.82, 2.24) is 10.2 Å². The van der Waals surface area contributed by atoms with Crippen LogP contribution in [0.2, 0.25) is 0 Å². The fourth-order valence-electron chi connectivity index (χ4n) is 3.64. The molecule has 2 heterocycles. The Bertz CT molecular complexity index is 569. The molecule has 1 amide bonds. The Morgan fingerprint density at radius 1 is 1.38 bits per heavy atom. The lowest BCUT2D eigenvalue weighted by molar-refractivity contribution is -0.144. The maximum atomic E-state index is 13.9. The summed E-state index contributed by atoms with van der Waals surface area (Å²) in [4.78, 5) is 14.4. The number of fused-ring (bicyclic) bond motifs is 1. The molecule has 0 aromatic heterocycles. The molecule has 2 aliphatic heterocycles. The number of methoxy groups -OCH3 is 1. The number of nitrogens with zero attached hydrogens (tertiary/aromatic N) is 1. The normalized spacial score (nSPS) is 27.0. The maximum Gasteiger partial charge on any atom is 0.249 e. The number of carbonyl (C=O) groups excluding carboxylic acids is 1. The van der Waals surface area contributed by atoms with E-state index in [9.17, 15) is 9.18 Å². The summed E-state index contributed by atoms with van der Waals surface area (Å²) in [7, 11) is 1.61. The van der Waals surface area contributed by atoms with Crippen LogP contribution in [0.3, 0.4) is 0 Å². The molecule has 132 valence electrons. The predicted molar refractivity (Wildman–Crippen MR) is 88.0 cm³/mol. The number of ether oxygens (including phenoxy) is 2. The fourth-order valence-corrected chi connectivity index (χ4v) is 3.64. The summed E-state index contributed by atoms with van der Waals surface area (Å²) in [5.41, 5.74) is 0.720. The first-order valence-corrected chi connectivity index (χ1v) is 8.58. The Kier molecular flexibility index (Phi) is 5.81. The highest BCUT2D eigenvalue weighted by atomic mass is 19.1. The molecule has 0 spiro atoms. The third-order valence-electron chi connectivity index (χ3n) is 4.89. The zero-order chi connectivity index (χ0) is 16.9. The molecule has 24 heavy (non-hydrogen) atoms. The smallest absolute Gasteiger partial charge is 0.249 e. The van der Waals surface area contributed by atoms with Crippen LogP contribution in [-0.4, -0.2) is 55.9 Å². The van der Waals surface area contributed by atoms with Crippen molar-refractivity contribution in [1.29, 1.82) is 0 Å². The molecule has 6 heteroatoms. The van der Waals surface area contributed by atoms with Gasteiger partial charge in [0.25, 0.3) is 0 Å². The maximum absolute atomic E-state index is 13.9. The van der Waals surface area contributed by atoms with Gasteiger partial charge in [0, 0.05) is 38.3 Å². The zero-order valence-electron chi connectivity index (χ0n) is 14.0. The van der Waals surface area contributed by atoms with Gasteiger partial charge in [0.05, 0.1) is 12.7 Å². The Morgan fingerprint density at radius 3 is 3.00 bits per heavy atom. The van der Waals surface area contributed by atoms with E-state index in [1.54, 1.807) is 13.2 Å². The molecule has 0 radical (unpaired) electrons. The SMILES string of the molecule is COCCNC(=O)[C@H]1CC[C@@H]2[C@@H](CCN2Cc2ccccc2F)O1. The van der Waals surface area contributed by atoms with E-state index < -0.39 is 0 Å². The number of nitrogens with one attached hydrogen (secondary N) is 1. The van der Waals surface area contributed by atoms with Crippen molar-refractivity contribution in [3.8, 4) is 0 Å². The molecule has 3 atom stereocenters. The van der Waals surface area contributed by atoms with Gasteiger partial charge in [-0.15, -0.1) is 0 Å². The average molecular weight is 336 g/mol. The van der Waals surface area contributed by atoms with Crippen LogP contribution >= 0.6 is 0 Å². The summed E-state index contributed by atoms with van der Waals surface area (Å²) in [5.74, 6) is -0.217. The number of carbonyl (C=O) groups is 1. The first-order valence-electron chi connectivity index (χ1n) is 8.58. The lowest BCUT2D eigenvalue weighted by atomic mass is 9.98. The molecule has 2 aliphatic rings. The van der Waals surface area contributed by atoms with Crippen LogP contribution in [0.15, 0.2) is 24.3 Å². The van der Waals surface area contributed by atoms with Crippen LogP contribution in [0.5, 0.6) is 0 Å². The van der Waals surface area contributed by atoms with E-state index >= 15 is 0 Å². The van der Waals surface area contributed by atoms with Crippen molar-refractivity contribution in [3.05, 3.63) is 35.6 Å². The lowest BCUT2D eigenvalue weighted by Crippen LogP contribution is -2.48. The largest absolute Gasteiger partial charge is 0.383 e. The summed E-state index contributed by atoms with van der Waals surface area (Å²) >= 11 is 0. The van der Waals surface area contributed by atoms with E-state index in [-0.39, 0.29) is 30.0 Å². The lowest BCUT2D eigenvalue weighted by Gasteiger charge is -2.35. The molecular formula is C18H25FN2O3. The topological polar surface area (TPSA) is 50.8 Å². The van der Waals surface area contributed by atoms with Gasteiger partial charge in [0.15, 0.2) is 0 Å². The van der Waals surface area contributed by atoms with Gasteiger partial charge in [-0.1, -0.05) is 18.2 Å². The number of hydrogen-bond acceptors (Lipinski definition) is 4. The summed E-state index contributed by atoms with van der Waals surface area (Å²) in [6.45, 7) is 2.48. The molecule has 1 N–H and O–H groups in total.